The van der Waals surface area contributed by atoms with Gasteiger partial charge in [0.1, 0.15) is 89.5 Å². The van der Waals surface area contributed by atoms with E-state index >= 15 is 24.0 Å². The fourth-order valence-electron chi connectivity index (χ4n) is 16.6. The summed E-state index contributed by atoms with van der Waals surface area (Å²) in [7, 11) is 1.46. The molecular formula is C89H101Cl3N10O29. The quantitative estimate of drug-likeness (QED) is 0.0431. The zero-order valence-electron chi connectivity index (χ0n) is 71.3. The summed E-state index contributed by atoms with van der Waals surface area (Å²) in [6, 6.07) is 13.3. The van der Waals surface area contributed by atoms with Crippen LogP contribution in [0.3, 0.4) is 0 Å². The third-order valence-corrected chi connectivity index (χ3v) is 24.5. The Hall–Kier alpha value is -11.2. The van der Waals surface area contributed by atoms with Gasteiger partial charge in [0.15, 0.2) is 42.3 Å². The molecule has 17 unspecified atom stereocenters. The normalized spacial score (nSPS) is 29.1. The summed E-state index contributed by atoms with van der Waals surface area (Å²) < 4.78 is 58.7. The second-order valence-electron chi connectivity index (χ2n) is 33.9. The van der Waals surface area contributed by atoms with Crippen molar-refractivity contribution >= 4 is 88.1 Å². The van der Waals surface area contributed by atoms with Gasteiger partial charge in [-0.3, -0.25) is 33.6 Å². The molecule has 3 fully saturated rings. The minimum atomic E-state index is -2.44. The number of hydrogen-bond acceptors (Lipinski definition) is 30. The third-order valence-electron chi connectivity index (χ3n) is 23.6. The van der Waals surface area contributed by atoms with Crippen LogP contribution >= 0.6 is 34.8 Å². The van der Waals surface area contributed by atoms with Crippen molar-refractivity contribution < 1.29 is 142 Å². The van der Waals surface area contributed by atoms with Crippen LogP contribution in [-0.4, -0.2) is 239 Å². The number of rotatable bonds is 23. The monoisotopic (exact) mass is 1880 g/mol. The number of carboxylic acids is 2. The van der Waals surface area contributed by atoms with Gasteiger partial charge in [0.2, 0.25) is 53.4 Å². The van der Waals surface area contributed by atoms with E-state index in [0.29, 0.717) is 10.6 Å². The number of carbonyl (C=O) groups is 9. The van der Waals surface area contributed by atoms with Crippen LogP contribution in [0.15, 0.2) is 127 Å². The molecular weight excluding hydrogens is 1780 g/mol. The maximum atomic E-state index is 16.6. The number of phenolic OH excluding ortho intramolecular Hbond substituents is 3. The van der Waals surface area contributed by atoms with Gasteiger partial charge in [0, 0.05) is 58.2 Å². The first-order valence-electron chi connectivity index (χ1n) is 41.7. The van der Waals surface area contributed by atoms with Gasteiger partial charge in [-0.05, 0) is 159 Å². The van der Waals surface area contributed by atoms with E-state index < -0.39 is 303 Å². The molecule has 0 aromatic heterocycles. The number of carbonyl (C=O) groups excluding carboxylic acids is 7. The van der Waals surface area contributed by atoms with Gasteiger partial charge in [-0.25, -0.2) is 9.59 Å². The van der Waals surface area contributed by atoms with Gasteiger partial charge in [-0.1, -0.05) is 97.2 Å². The molecule has 11 bridgehead atoms. The molecule has 7 aromatic carbocycles. The molecule has 131 heavy (non-hydrogen) atoms. The lowest BCUT2D eigenvalue weighted by atomic mass is 9.84. The summed E-state index contributed by atoms with van der Waals surface area (Å²) in [6.45, 7) is 7.84. The SMILES string of the molecule is CN[C@H](CC(C)C)C(=O)NC1C(=O)NC(CC(N)=O)C(=O)N[C@H]2C(=O)NC3C(=O)N[C@H](C(=O)N[C@@H](C(=O)O)c4cc(O)cc(O)c4-c4cc3ccc4O)[C@H](OC3CC(C)(N)C(O)C(C)O3)c3ccc(c(Cl)c3)Oc3cc2cc(c3OC2OC(CO)C(O)C(O)C2OC2CC(C)(NCC(OCc3cccc(-c4ccc(Cl)cc4)c3)C(=O)O)C(O)C(C)O2)Oc2ccc(cc2Cl)[C@H]1O. The van der Waals surface area contributed by atoms with E-state index in [1.54, 1.807) is 24.3 Å². The van der Waals surface area contributed by atoms with Crippen LogP contribution in [0.25, 0.3) is 22.3 Å². The van der Waals surface area contributed by atoms with Crippen LogP contribution < -0.4 is 68.2 Å². The number of primary amides is 1. The van der Waals surface area contributed by atoms with Gasteiger partial charge in [-0.15, -0.1) is 0 Å². The van der Waals surface area contributed by atoms with E-state index in [0.717, 1.165) is 71.8 Å². The Bertz CT molecular complexity index is 5490. The minimum Gasteiger partial charge on any atom is -0.508 e. The summed E-state index contributed by atoms with van der Waals surface area (Å²) in [4.78, 5) is 134. The van der Waals surface area contributed by atoms with Crippen LogP contribution in [0.4, 0.5) is 0 Å². The summed E-state index contributed by atoms with van der Waals surface area (Å²) >= 11 is 20.8. The standard InChI is InChI=1S/C89H101Cl3N10O29/c1-36(2)21-52(95-7)79(113)101-69-71(108)43-14-19-56(50(91)24-43)126-58-26-45-27-59(75(58)131-87-76(73(110)72(109)61(34-103)128-87)130-64-32-89(6,78(112)38(4)125-64)96-33-60(85(119)120)123-35-39-9-8-10-41(22-39)40-11-16-46(90)17-12-40)127-57-20-15-44(25-51(57)92)74(129-63-31-88(5,94)77(111)37(3)124-63)70-84(118)100-68(86(121)122)49-28-47(104)29-55(106)65(49)48-23-42(13-18-54(48)105)66(81(115)102-70)99-82(116)67(45)98-80(114)53(30-62(93)107)97-83(69)117/h8-20,22-29,36-38,52-53,60-61,63-64,66-74,76-78,87,95-96,103-106,108-112H,21,30-35,94H2,1-7H3,(H2,93,107)(H,97,117)(H,98,114)(H,99,116)(H,100,118)(H,101,113)(H,102,115)(H,119,120)(H,121,122)/t37?,38?,52-,53?,60?,61?,63?,64?,66?,67-,68-,69?,70+,71-,72?,73?,74-,76?,77?,78?,87?,88?,89?/m1/s1. The maximum Gasteiger partial charge on any atom is 0.334 e. The Morgan fingerprint density at radius 1 is 0.641 bits per heavy atom. The molecule has 7 aromatic rings. The van der Waals surface area contributed by atoms with Gasteiger partial charge >= 0.3 is 11.9 Å². The average Bonchev–Trinajstić information content (AvgIpc) is 0.763. The van der Waals surface area contributed by atoms with Crippen molar-refractivity contribution in [1.82, 2.24) is 42.5 Å². The zero-order valence-corrected chi connectivity index (χ0v) is 73.6. The lowest BCUT2D eigenvalue weighted by Gasteiger charge is -2.48. The second-order valence-corrected chi connectivity index (χ2v) is 35.1. The molecule has 0 spiro atoms. The number of nitrogens with two attached hydrogens (primary N) is 2. The van der Waals surface area contributed by atoms with Crippen molar-refractivity contribution in [3.8, 4) is 68.2 Å². The van der Waals surface area contributed by atoms with E-state index in [1.165, 1.54) is 52.9 Å². The molecule has 23 atom stereocenters. The largest absolute Gasteiger partial charge is 0.508 e. The highest BCUT2D eigenvalue weighted by atomic mass is 35.5. The predicted octanol–water partition coefficient (Wildman–Crippen LogP) is 3.97. The number of aromatic hydroxyl groups is 3. The first kappa shape index (κ1) is 97.4. The number of halogens is 3. The molecule has 39 nitrogen and oxygen atoms in total. The number of aliphatic hydroxyl groups excluding tert-OH is 6. The number of benzene rings is 7. The first-order valence-corrected chi connectivity index (χ1v) is 42.8. The number of nitrogens with one attached hydrogen (secondary N) is 8. The predicted molar refractivity (Wildman–Crippen MR) is 463 cm³/mol. The fourth-order valence-corrected chi connectivity index (χ4v) is 17.2. The van der Waals surface area contributed by atoms with Crippen molar-refractivity contribution in [2.24, 2.45) is 17.4 Å². The average molecular weight is 1880 g/mol. The van der Waals surface area contributed by atoms with Crippen molar-refractivity contribution in [3.63, 3.8) is 0 Å². The van der Waals surface area contributed by atoms with Crippen molar-refractivity contribution in [1.29, 1.82) is 0 Å². The van der Waals surface area contributed by atoms with Crippen LogP contribution in [0.1, 0.15) is 131 Å². The van der Waals surface area contributed by atoms with Gasteiger partial charge < -0.3 is 153 Å². The molecule has 0 radical (unpaired) electrons. The molecule has 7 amide bonds. The Morgan fingerprint density at radius 3 is 1.89 bits per heavy atom. The number of carboxylic acid groups (broad SMARTS) is 2. The molecule has 0 saturated carbocycles. The first-order chi connectivity index (χ1) is 62.0. The number of likely N-dealkylation sites (N-methyl/N-ethyl adjacent to an activating group) is 1. The van der Waals surface area contributed by atoms with E-state index in [4.69, 9.17) is 88.9 Å². The Kier molecular flexibility index (Phi) is 30.1. The van der Waals surface area contributed by atoms with Gasteiger partial charge in [-0.2, -0.15) is 0 Å². The highest BCUT2D eigenvalue weighted by Crippen LogP contribution is 2.51. The maximum absolute atomic E-state index is 16.6. The van der Waals surface area contributed by atoms with Crippen LogP contribution in [-0.2, 0) is 78.2 Å². The van der Waals surface area contributed by atoms with Crippen LogP contribution in [0.5, 0.6) is 46.0 Å². The number of phenols is 3. The van der Waals surface area contributed by atoms with E-state index in [1.807, 2.05) is 38.1 Å². The highest BCUT2D eigenvalue weighted by molar-refractivity contribution is 6.32. The summed E-state index contributed by atoms with van der Waals surface area (Å²) in [6.07, 6.45) is -25.9. The molecule has 23 N–H and O–H groups in total. The van der Waals surface area contributed by atoms with Gasteiger partial charge in [0.25, 0.3) is 0 Å². The fraction of sp³-hybridized carbons (Fsp3) is 0.427. The van der Waals surface area contributed by atoms with E-state index in [-0.39, 0.29) is 36.5 Å². The second kappa shape index (κ2) is 40.5. The summed E-state index contributed by atoms with van der Waals surface area (Å²) in [5.74, 6) is -18.0. The molecule has 0 aliphatic carbocycles. The van der Waals surface area contributed by atoms with Crippen LogP contribution in [0, 0.1) is 5.92 Å². The Balaban J connectivity index is 0.992. The molecule has 15 rings (SSSR count). The van der Waals surface area contributed by atoms with Crippen LogP contribution in [0.2, 0.25) is 15.1 Å². The number of aliphatic carboxylic acids is 2. The smallest absolute Gasteiger partial charge is 0.334 e. The van der Waals surface area contributed by atoms with Crippen molar-refractivity contribution in [2.45, 2.75) is 213 Å². The molecule has 702 valence electrons. The number of ether oxygens (including phenoxy) is 9. The Labute approximate surface area is 763 Å². The van der Waals surface area contributed by atoms with E-state index in [9.17, 15) is 75.3 Å². The Morgan fingerprint density at radius 2 is 1.27 bits per heavy atom. The highest BCUT2D eigenvalue weighted by Gasteiger charge is 2.54. The molecule has 3 saturated heterocycles. The molecule has 8 aliphatic heterocycles. The third kappa shape index (κ3) is 21.8. The minimum absolute atomic E-state index is 0.137. The number of aliphatic hydroxyl groups is 6. The summed E-state index contributed by atoms with van der Waals surface area (Å²) in [5.41, 5.74) is 8.69. The van der Waals surface area contributed by atoms with Gasteiger partial charge in [0.05, 0.1) is 60.1 Å². The number of fused-ring (bicyclic) bond motifs is 15. The van der Waals surface area contributed by atoms with E-state index in [2.05, 4.69) is 42.5 Å². The molecule has 42 heteroatoms. The van der Waals surface area contributed by atoms with Crippen molar-refractivity contribution in [3.05, 3.63) is 176 Å². The number of amides is 7. The lowest BCUT2D eigenvalue weighted by molar-refractivity contribution is -0.334. The topological polar surface area (TPSA) is 608 Å². The van der Waals surface area contributed by atoms with Crippen molar-refractivity contribution in [2.75, 3.05) is 20.2 Å². The lowest BCUT2D eigenvalue weighted by Crippen LogP contribution is -2.66. The zero-order chi connectivity index (χ0) is 94.8. The molecule has 8 heterocycles. The number of hydrogen-bond donors (Lipinski definition) is 21. The summed E-state index contributed by atoms with van der Waals surface area (Å²) in [5, 5.41) is 148. The molecule has 8 aliphatic rings.